The molecule has 1 heterocycles. The second-order valence-electron chi connectivity index (χ2n) is 3.61. The van der Waals surface area contributed by atoms with Gasteiger partial charge in [-0.15, -0.1) is 0 Å². The predicted molar refractivity (Wildman–Crippen MR) is 55.9 cm³/mol. The smallest absolute Gasteiger partial charge is 0.137 e. The molecule has 0 atom stereocenters. The Hall–Kier alpha value is -0.280. The Morgan fingerprint density at radius 3 is 2.50 bits per heavy atom. The van der Waals surface area contributed by atoms with Gasteiger partial charge in [0.1, 0.15) is 5.60 Å². The van der Waals surface area contributed by atoms with Gasteiger partial charge in [0.25, 0.3) is 0 Å². The number of ether oxygens (including phenoxy) is 1. The van der Waals surface area contributed by atoms with E-state index in [2.05, 4.69) is 0 Å². The first-order valence-corrected chi connectivity index (χ1v) is 5.05. The van der Waals surface area contributed by atoms with E-state index in [1.807, 2.05) is 6.92 Å². The summed E-state index contributed by atoms with van der Waals surface area (Å²) in [6.07, 6.45) is 0. The minimum Gasteiger partial charge on any atom is -0.380 e. The fraction of sp³-hybridized carbons (Fsp3) is 0.400. The van der Waals surface area contributed by atoms with Crippen LogP contribution in [0.15, 0.2) is 12.1 Å². The van der Waals surface area contributed by atoms with Gasteiger partial charge in [0.05, 0.1) is 13.2 Å². The highest BCUT2D eigenvalue weighted by molar-refractivity contribution is 6.34. The van der Waals surface area contributed by atoms with Crippen LogP contribution in [0.3, 0.4) is 0 Å². The molecule has 2 rings (SSSR count). The first-order chi connectivity index (χ1) is 6.53. The number of hydrogen-bond donors (Lipinski definition) is 1. The summed E-state index contributed by atoms with van der Waals surface area (Å²) in [7, 11) is 0. The van der Waals surface area contributed by atoms with Gasteiger partial charge in [-0.1, -0.05) is 23.2 Å². The van der Waals surface area contributed by atoms with Crippen LogP contribution in [0.1, 0.15) is 11.1 Å². The van der Waals surface area contributed by atoms with Crippen molar-refractivity contribution >= 4 is 23.2 Å². The molecule has 0 aromatic heterocycles. The Morgan fingerprint density at radius 1 is 1.36 bits per heavy atom. The average Bonchev–Trinajstić information content (AvgIpc) is 2.07. The molecule has 1 N–H and O–H groups in total. The monoisotopic (exact) mass is 232 g/mol. The maximum Gasteiger partial charge on any atom is 0.137 e. The zero-order valence-electron chi connectivity index (χ0n) is 7.68. The number of benzene rings is 1. The Bertz CT molecular complexity index is 373. The molecule has 2 nitrogen and oxygen atoms in total. The van der Waals surface area contributed by atoms with Gasteiger partial charge in [-0.2, -0.15) is 0 Å². The number of hydrogen-bond acceptors (Lipinski definition) is 2. The molecule has 76 valence electrons. The van der Waals surface area contributed by atoms with Crippen molar-refractivity contribution in [3.63, 3.8) is 0 Å². The van der Waals surface area contributed by atoms with E-state index in [4.69, 9.17) is 27.9 Å². The SMILES string of the molecule is Cc1cc(Cl)cc(C2(O)COC2)c1Cl. The van der Waals surface area contributed by atoms with Crippen molar-refractivity contribution in [3.8, 4) is 0 Å². The van der Waals surface area contributed by atoms with Gasteiger partial charge >= 0.3 is 0 Å². The van der Waals surface area contributed by atoms with E-state index < -0.39 is 5.60 Å². The number of aliphatic hydroxyl groups is 1. The maximum absolute atomic E-state index is 10.0. The minimum atomic E-state index is -0.952. The topological polar surface area (TPSA) is 29.5 Å². The van der Waals surface area contributed by atoms with Crippen LogP contribution in [-0.2, 0) is 10.3 Å². The molecular weight excluding hydrogens is 223 g/mol. The molecule has 1 aromatic carbocycles. The van der Waals surface area contributed by atoms with Crippen LogP contribution in [0.25, 0.3) is 0 Å². The van der Waals surface area contributed by atoms with E-state index in [1.165, 1.54) is 0 Å². The van der Waals surface area contributed by atoms with E-state index in [-0.39, 0.29) is 13.2 Å². The highest BCUT2D eigenvalue weighted by Crippen LogP contribution is 2.37. The summed E-state index contributed by atoms with van der Waals surface area (Å²) < 4.78 is 4.98. The van der Waals surface area contributed by atoms with E-state index in [1.54, 1.807) is 12.1 Å². The van der Waals surface area contributed by atoms with Crippen molar-refractivity contribution in [2.45, 2.75) is 12.5 Å². The molecule has 4 heteroatoms. The minimum absolute atomic E-state index is 0.284. The highest BCUT2D eigenvalue weighted by atomic mass is 35.5. The summed E-state index contributed by atoms with van der Waals surface area (Å²) >= 11 is 12.0. The van der Waals surface area contributed by atoms with E-state index in [9.17, 15) is 5.11 Å². The maximum atomic E-state index is 10.0. The lowest BCUT2D eigenvalue weighted by atomic mass is 9.91. The van der Waals surface area contributed by atoms with E-state index in [0.717, 1.165) is 5.56 Å². The normalized spacial score (nSPS) is 19.1. The molecule has 1 aromatic rings. The van der Waals surface area contributed by atoms with Gasteiger partial charge in [0, 0.05) is 15.6 Å². The summed E-state index contributed by atoms with van der Waals surface area (Å²) in [5.74, 6) is 0. The Morgan fingerprint density at radius 2 is 2.00 bits per heavy atom. The fourth-order valence-electron chi connectivity index (χ4n) is 1.52. The summed E-state index contributed by atoms with van der Waals surface area (Å²) in [5.41, 5.74) is 0.581. The van der Waals surface area contributed by atoms with Gasteiger partial charge < -0.3 is 9.84 Å². The van der Waals surface area contributed by atoms with Gasteiger partial charge in [-0.3, -0.25) is 0 Å². The summed E-state index contributed by atoms with van der Waals surface area (Å²) in [5, 5.41) is 11.2. The molecule has 1 aliphatic heterocycles. The first kappa shape index (κ1) is 10.2. The first-order valence-electron chi connectivity index (χ1n) is 4.29. The van der Waals surface area contributed by atoms with E-state index in [0.29, 0.717) is 15.6 Å². The number of halogens is 2. The molecule has 0 spiro atoms. The van der Waals surface area contributed by atoms with Crippen LogP contribution in [0.4, 0.5) is 0 Å². The molecule has 1 saturated heterocycles. The number of rotatable bonds is 1. The van der Waals surface area contributed by atoms with Gasteiger partial charge in [0.2, 0.25) is 0 Å². The van der Waals surface area contributed by atoms with Gasteiger partial charge in [0.15, 0.2) is 0 Å². The molecule has 1 fully saturated rings. The van der Waals surface area contributed by atoms with Crippen LogP contribution in [0.5, 0.6) is 0 Å². The fourth-order valence-corrected chi connectivity index (χ4v) is 2.07. The lowest BCUT2D eigenvalue weighted by Crippen LogP contribution is -2.46. The van der Waals surface area contributed by atoms with Crippen LogP contribution in [0.2, 0.25) is 10.0 Å². The van der Waals surface area contributed by atoms with Crippen LogP contribution < -0.4 is 0 Å². The molecule has 14 heavy (non-hydrogen) atoms. The summed E-state index contributed by atoms with van der Waals surface area (Å²) in [4.78, 5) is 0. The summed E-state index contributed by atoms with van der Waals surface area (Å²) in [6.45, 7) is 2.43. The molecular formula is C10H10Cl2O2. The second-order valence-corrected chi connectivity index (χ2v) is 4.42. The zero-order chi connectivity index (χ0) is 10.3. The molecule has 0 unspecified atom stereocenters. The van der Waals surface area contributed by atoms with Gasteiger partial charge in [-0.05, 0) is 24.6 Å². The molecule has 0 radical (unpaired) electrons. The standard InChI is InChI=1S/C10H10Cl2O2/c1-6-2-7(11)3-8(9(6)12)10(13)4-14-5-10/h2-3,13H,4-5H2,1H3. The average molecular weight is 233 g/mol. The third-order valence-corrected chi connectivity index (χ3v) is 3.12. The van der Waals surface area contributed by atoms with Crippen molar-refractivity contribution in [1.29, 1.82) is 0 Å². The van der Waals surface area contributed by atoms with Crippen molar-refractivity contribution in [2.24, 2.45) is 0 Å². The molecule has 0 amide bonds. The van der Waals surface area contributed by atoms with Gasteiger partial charge in [-0.25, -0.2) is 0 Å². The molecule has 0 saturated carbocycles. The molecule has 1 aliphatic rings. The van der Waals surface area contributed by atoms with E-state index >= 15 is 0 Å². The lowest BCUT2D eigenvalue weighted by Gasteiger charge is -2.37. The quantitative estimate of drug-likeness (QED) is 0.807. The van der Waals surface area contributed by atoms with Crippen LogP contribution >= 0.6 is 23.2 Å². The number of aryl methyl sites for hydroxylation is 1. The van der Waals surface area contributed by atoms with Crippen molar-refractivity contribution < 1.29 is 9.84 Å². The highest BCUT2D eigenvalue weighted by Gasteiger charge is 2.40. The molecule has 0 aliphatic carbocycles. The van der Waals surface area contributed by atoms with Crippen molar-refractivity contribution in [1.82, 2.24) is 0 Å². The third-order valence-electron chi connectivity index (χ3n) is 2.40. The zero-order valence-corrected chi connectivity index (χ0v) is 9.19. The Labute approximate surface area is 92.4 Å². The third kappa shape index (κ3) is 1.52. The Kier molecular flexibility index (Phi) is 2.48. The van der Waals surface area contributed by atoms with Crippen LogP contribution in [0, 0.1) is 6.92 Å². The van der Waals surface area contributed by atoms with Crippen LogP contribution in [-0.4, -0.2) is 18.3 Å². The summed E-state index contributed by atoms with van der Waals surface area (Å²) in [6, 6.07) is 3.47. The molecule has 0 bridgehead atoms. The lowest BCUT2D eigenvalue weighted by molar-refractivity contribution is -0.184. The van der Waals surface area contributed by atoms with Crippen molar-refractivity contribution in [3.05, 3.63) is 33.3 Å². The largest absolute Gasteiger partial charge is 0.380 e. The second kappa shape index (κ2) is 3.38. The van der Waals surface area contributed by atoms with Crippen molar-refractivity contribution in [2.75, 3.05) is 13.2 Å². The Balaban J connectivity index is 2.51. The predicted octanol–water partition coefficient (Wildman–Crippen LogP) is 2.52.